The number of benzene rings is 2. The lowest BCUT2D eigenvalue weighted by Gasteiger charge is -2.38. The average Bonchev–Trinajstić information content (AvgIpc) is 3.90. The van der Waals surface area contributed by atoms with Gasteiger partial charge in [0.25, 0.3) is 0 Å². The van der Waals surface area contributed by atoms with Gasteiger partial charge in [-0.15, -0.1) is 0 Å². The van der Waals surface area contributed by atoms with Gasteiger partial charge in [0.05, 0.1) is 29.5 Å². The summed E-state index contributed by atoms with van der Waals surface area (Å²) in [5, 5.41) is 3.65. The molecule has 55 heavy (non-hydrogen) atoms. The molecule has 11 heteroatoms. The van der Waals surface area contributed by atoms with E-state index in [0.717, 1.165) is 59.5 Å². The molecule has 2 aromatic carbocycles. The number of rotatable bonds is 3. The highest BCUT2D eigenvalue weighted by Crippen LogP contribution is 2.53. The van der Waals surface area contributed by atoms with Crippen molar-refractivity contribution in [1.29, 1.82) is 0 Å². The molecule has 2 amide bonds. The number of carbonyl (C=O) groups is 3. The Hall–Kier alpha value is -5.11. The van der Waals surface area contributed by atoms with E-state index < -0.39 is 16.7 Å². The minimum absolute atomic E-state index is 0.0109. The van der Waals surface area contributed by atoms with E-state index in [0.29, 0.717) is 43.2 Å². The number of likely N-dealkylation sites (tertiary alicyclic amines) is 2. The Morgan fingerprint density at radius 1 is 0.873 bits per heavy atom. The summed E-state index contributed by atoms with van der Waals surface area (Å²) in [7, 11) is 0. The lowest BCUT2D eigenvalue weighted by atomic mass is 9.72. The third-order valence-electron chi connectivity index (χ3n) is 11.5. The predicted octanol–water partition coefficient (Wildman–Crippen LogP) is 8.05. The molecule has 2 saturated heterocycles. The molecule has 3 aliphatic heterocycles. The summed E-state index contributed by atoms with van der Waals surface area (Å²) in [5.74, 6) is 8.68. The van der Waals surface area contributed by atoms with Crippen molar-refractivity contribution in [2.24, 2.45) is 10.9 Å². The van der Waals surface area contributed by atoms with E-state index in [1.807, 2.05) is 41.5 Å². The second kappa shape index (κ2) is 13.3. The number of aromatic amines is 1. The van der Waals surface area contributed by atoms with Crippen molar-refractivity contribution in [2.45, 2.75) is 129 Å². The molecule has 11 nitrogen and oxygen atoms in total. The van der Waals surface area contributed by atoms with E-state index in [9.17, 15) is 14.4 Å². The van der Waals surface area contributed by atoms with E-state index in [2.05, 4.69) is 71.3 Å². The Balaban J connectivity index is 1.09. The zero-order chi connectivity index (χ0) is 39.0. The van der Waals surface area contributed by atoms with Crippen molar-refractivity contribution in [3.8, 4) is 23.0 Å². The zero-order valence-corrected chi connectivity index (χ0v) is 33.3. The molecular weight excluding hydrogens is 693 g/mol. The largest absolute Gasteiger partial charge is 0.444 e. The van der Waals surface area contributed by atoms with Crippen molar-refractivity contribution in [3.63, 3.8) is 0 Å². The number of H-pyrrole nitrogens is 1. The minimum Gasteiger partial charge on any atom is -0.444 e. The normalized spacial score (nSPS) is 23.8. The highest BCUT2D eigenvalue weighted by atomic mass is 16.6. The molecule has 3 fully saturated rings. The molecule has 0 bridgehead atoms. The number of aliphatic imine (C=N–C) groups is 1. The number of aromatic nitrogens is 2. The van der Waals surface area contributed by atoms with Gasteiger partial charge >= 0.3 is 12.2 Å². The Bertz CT molecular complexity index is 2180. The fourth-order valence-electron chi connectivity index (χ4n) is 8.95. The van der Waals surface area contributed by atoms with E-state index in [1.54, 1.807) is 16.0 Å². The first-order valence-corrected chi connectivity index (χ1v) is 19.7. The molecule has 5 aliphatic rings. The maximum Gasteiger partial charge on any atom is 0.410 e. The van der Waals surface area contributed by atoms with Crippen molar-refractivity contribution < 1.29 is 23.9 Å². The summed E-state index contributed by atoms with van der Waals surface area (Å²) in [6.45, 7) is 16.8. The number of nitrogens with zero attached hydrogens (tertiary/aromatic N) is 4. The molecule has 2 N–H and O–H groups in total. The van der Waals surface area contributed by atoms with Gasteiger partial charge in [0, 0.05) is 42.5 Å². The fourth-order valence-corrected chi connectivity index (χ4v) is 8.95. The van der Waals surface area contributed by atoms with Gasteiger partial charge in [0.2, 0.25) is 0 Å². The van der Waals surface area contributed by atoms with Crippen molar-refractivity contribution >= 4 is 29.5 Å². The minimum atomic E-state index is -0.580. The van der Waals surface area contributed by atoms with Gasteiger partial charge in [0.1, 0.15) is 34.3 Å². The lowest BCUT2D eigenvalue weighted by Crippen LogP contribution is -2.53. The monoisotopic (exact) mass is 744 g/mol. The summed E-state index contributed by atoms with van der Waals surface area (Å²) in [6, 6.07) is 10.3. The molecule has 3 aromatic rings. The number of carbonyl (C=O) groups excluding carboxylic acids is 3. The van der Waals surface area contributed by atoms with Gasteiger partial charge in [-0.25, -0.2) is 19.6 Å². The van der Waals surface area contributed by atoms with Crippen LogP contribution in [0.2, 0.25) is 0 Å². The Kier molecular flexibility index (Phi) is 8.90. The number of hydrogen-bond acceptors (Lipinski definition) is 8. The number of amides is 2. The topological polar surface area (TPSA) is 129 Å². The van der Waals surface area contributed by atoms with Gasteiger partial charge in [-0.1, -0.05) is 24.1 Å². The molecule has 2 unspecified atom stereocenters. The molecule has 0 spiro atoms. The Morgan fingerprint density at radius 2 is 1.55 bits per heavy atom. The molecule has 8 rings (SSSR count). The van der Waals surface area contributed by atoms with Gasteiger partial charge in [0.15, 0.2) is 0 Å². The summed E-state index contributed by atoms with van der Waals surface area (Å²) >= 11 is 0. The van der Waals surface area contributed by atoms with Crippen molar-refractivity contribution in [1.82, 2.24) is 25.1 Å². The van der Waals surface area contributed by atoms with Crippen LogP contribution in [0.5, 0.6) is 0 Å². The van der Waals surface area contributed by atoms with Crippen LogP contribution in [0, 0.1) is 17.8 Å². The third-order valence-corrected chi connectivity index (χ3v) is 11.5. The smallest absolute Gasteiger partial charge is 0.410 e. The van der Waals surface area contributed by atoms with E-state index in [-0.39, 0.29) is 36.1 Å². The van der Waals surface area contributed by atoms with E-state index >= 15 is 0 Å². The molecule has 4 atom stereocenters. The number of nitrogens with one attached hydrogen (secondary N) is 2. The van der Waals surface area contributed by atoms with Gasteiger partial charge in [-0.3, -0.25) is 14.6 Å². The first kappa shape index (κ1) is 36.8. The van der Waals surface area contributed by atoms with Crippen molar-refractivity contribution in [2.75, 3.05) is 13.1 Å². The standard InChI is InChI=1S/C44H52N6O5/c1-42(2,3)54-40(52)49-19-9-11-34(49)38-45-24-27(46-38)16-13-25-14-17-28(30-22-29-31(37(25)30)23-36(29)51)26-15-18-32-33(21-26)47-39(48-44(32,7)8)35-12-10-20-50(35)41(53)55-43(4,5)6/h14-15,17-18,21,24,29,31,34-35H,9-12,19-20,22-23H2,1-8H3,(H,45,46)(H,47,48)/t29?,31?,34-,35-/m0/s1. The number of ether oxygens (including phenoxy) is 2. The maximum atomic E-state index is 13.2. The first-order valence-electron chi connectivity index (χ1n) is 19.7. The average molecular weight is 745 g/mol. The van der Waals surface area contributed by atoms with Crippen LogP contribution in [-0.4, -0.2) is 73.9 Å². The van der Waals surface area contributed by atoms with Crippen LogP contribution in [0.15, 0.2) is 41.5 Å². The predicted molar refractivity (Wildman–Crippen MR) is 210 cm³/mol. The van der Waals surface area contributed by atoms with E-state index in [1.165, 1.54) is 11.1 Å². The van der Waals surface area contributed by atoms with Crippen LogP contribution in [0.3, 0.4) is 0 Å². The first-order chi connectivity index (χ1) is 26.0. The van der Waals surface area contributed by atoms with Crippen LogP contribution in [-0.2, 0) is 26.2 Å². The van der Waals surface area contributed by atoms with Gasteiger partial charge in [-0.2, -0.15) is 0 Å². The molecule has 288 valence electrons. The van der Waals surface area contributed by atoms with Crippen LogP contribution >= 0.6 is 0 Å². The summed E-state index contributed by atoms with van der Waals surface area (Å²) in [4.78, 5) is 55.6. The number of Topliss-reactive ketones (excluding diaryl/α,β-unsaturated/α-hetero) is 1. The van der Waals surface area contributed by atoms with Crippen LogP contribution in [0.1, 0.15) is 133 Å². The molecule has 0 radical (unpaired) electrons. The number of fused-ring (bicyclic) bond motifs is 4. The quantitative estimate of drug-likeness (QED) is 0.260. The Labute approximate surface area is 323 Å². The second-order valence-corrected chi connectivity index (χ2v) is 18.2. The van der Waals surface area contributed by atoms with Gasteiger partial charge < -0.3 is 19.8 Å². The fraction of sp³-hybridized carbons (Fsp3) is 0.523. The lowest BCUT2D eigenvalue weighted by molar-refractivity contribution is -0.130. The van der Waals surface area contributed by atoms with Crippen LogP contribution < -0.4 is 5.32 Å². The zero-order valence-electron chi connectivity index (χ0n) is 33.3. The molecule has 1 aromatic heterocycles. The third kappa shape index (κ3) is 7.00. The van der Waals surface area contributed by atoms with Crippen LogP contribution in [0.25, 0.3) is 11.1 Å². The molecule has 2 aliphatic carbocycles. The number of hydrogen-bond donors (Lipinski definition) is 2. The SMILES string of the molecule is CC(C)(C)OC(=O)N1CCC[C@H]1C1=Nc2cc(-c3ccc(C#Cc4cnc([C@@H]5CCCN5C(=O)OC(C)(C)C)[nH]4)c4c3CC3C(=O)CC43)ccc2C(C)(C)N1. The summed E-state index contributed by atoms with van der Waals surface area (Å²) in [6.07, 6.45) is 5.71. The molecule has 4 heterocycles. The van der Waals surface area contributed by atoms with Crippen LogP contribution in [0.4, 0.5) is 15.3 Å². The molecular formula is C44H52N6O5. The number of amidine groups is 1. The van der Waals surface area contributed by atoms with E-state index in [4.69, 9.17) is 14.5 Å². The number of imidazole rings is 1. The summed E-state index contributed by atoms with van der Waals surface area (Å²) in [5.41, 5.74) is 6.51. The van der Waals surface area contributed by atoms with Gasteiger partial charge in [-0.05, 0) is 128 Å². The Morgan fingerprint density at radius 3 is 2.22 bits per heavy atom. The highest BCUT2D eigenvalue weighted by molar-refractivity contribution is 5.96. The highest BCUT2D eigenvalue weighted by Gasteiger charge is 2.48. The second-order valence-electron chi connectivity index (χ2n) is 18.2. The number of ketones is 1. The van der Waals surface area contributed by atoms with Crippen molar-refractivity contribution in [3.05, 3.63) is 70.3 Å². The summed E-state index contributed by atoms with van der Waals surface area (Å²) < 4.78 is 11.4. The molecule has 1 saturated carbocycles. The maximum absolute atomic E-state index is 13.2.